The van der Waals surface area contributed by atoms with Crippen LogP contribution in [0.25, 0.3) is 0 Å². The summed E-state index contributed by atoms with van der Waals surface area (Å²) in [4.78, 5) is 10.5. The molecule has 58 valence electrons. The number of carbonyl (C=O) groups excluding carboxylic acids is 1. The van der Waals surface area contributed by atoms with Crippen molar-refractivity contribution in [3.8, 4) is 0 Å². The minimum absolute atomic E-state index is 0. The van der Waals surface area contributed by atoms with Gasteiger partial charge in [-0.2, -0.15) is 0 Å². The van der Waals surface area contributed by atoms with Gasteiger partial charge in [-0.15, -0.1) is 0 Å². The maximum absolute atomic E-state index is 10.5. The van der Waals surface area contributed by atoms with E-state index in [-0.39, 0.29) is 8.76 Å². The normalized spacial score (nSPS) is 9.78. The van der Waals surface area contributed by atoms with Crippen molar-refractivity contribution in [1.29, 1.82) is 0 Å². The summed E-state index contributed by atoms with van der Waals surface area (Å²) in [6.45, 7) is 4.42. The van der Waals surface area contributed by atoms with Crippen molar-refractivity contribution >= 4 is 5.91 Å². The summed E-state index contributed by atoms with van der Waals surface area (Å²) in [5.74, 6) is 0.0312. The molecule has 1 amide bonds. The van der Waals surface area contributed by atoms with Crippen LogP contribution in [0.5, 0.6) is 0 Å². The molecular weight excluding hydrogens is 116 g/mol. The predicted molar refractivity (Wildman–Crippen MR) is 41.4 cm³/mol. The highest BCUT2D eigenvalue weighted by molar-refractivity contribution is 5.77. The lowest BCUT2D eigenvalue weighted by Gasteiger charge is -2.05. The van der Waals surface area contributed by atoms with Crippen molar-refractivity contribution in [2.24, 2.45) is 0 Å². The molecule has 0 aliphatic heterocycles. The predicted octanol–water partition coefficient (Wildman–Crippen LogP) is 0.222. The van der Waals surface area contributed by atoms with E-state index in [1.165, 1.54) is 0 Å². The highest BCUT2D eigenvalue weighted by atomic mass is 16.1. The first-order valence-corrected chi connectivity index (χ1v) is 3.10. The van der Waals surface area contributed by atoms with E-state index in [4.69, 9.17) is 0 Å². The lowest BCUT2D eigenvalue weighted by molar-refractivity contribution is -0.119. The van der Waals surface area contributed by atoms with Crippen molar-refractivity contribution in [3.05, 3.63) is 0 Å². The second kappa shape index (κ2) is 4.32. The fourth-order valence-electron chi connectivity index (χ4n) is 0.385. The number of carbonyl (C=O) groups is 1. The highest BCUT2D eigenvalue weighted by Crippen LogP contribution is 1.73. The van der Waals surface area contributed by atoms with Gasteiger partial charge in [0.05, 0.1) is 6.54 Å². The maximum atomic E-state index is 10.5. The number of amides is 1. The fourth-order valence-corrected chi connectivity index (χ4v) is 0.385. The van der Waals surface area contributed by atoms with Crippen LogP contribution < -0.4 is 10.6 Å². The molecule has 0 saturated carbocycles. The van der Waals surface area contributed by atoms with E-state index in [1.807, 2.05) is 13.8 Å². The minimum atomic E-state index is 0. The Morgan fingerprint density at radius 3 is 2.56 bits per heavy atom. The van der Waals surface area contributed by atoms with Crippen molar-refractivity contribution in [2.75, 3.05) is 13.6 Å². The zero-order chi connectivity index (χ0) is 7.28. The third-order valence-electron chi connectivity index (χ3n) is 0.950. The van der Waals surface area contributed by atoms with Gasteiger partial charge in [0.2, 0.25) is 5.91 Å². The van der Waals surface area contributed by atoms with E-state index in [0.29, 0.717) is 12.6 Å². The zero-order valence-electron chi connectivity index (χ0n) is 6.19. The Morgan fingerprint density at radius 1 is 1.67 bits per heavy atom. The van der Waals surface area contributed by atoms with Crippen LogP contribution in [0.4, 0.5) is 0 Å². The van der Waals surface area contributed by atoms with Crippen LogP contribution in [0.2, 0.25) is 0 Å². The number of likely N-dealkylation sites (N-methyl/N-ethyl adjacent to an activating group) is 1. The molecule has 0 spiro atoms. The van der Waals surface area contributed by atoms with E-state index < -0.39 is 0 Å². The Bertz CT molecular complexity index is 98.6. The molecule has 0 unspecified atom stereocenters. The molecule has 0 rings (SSSR count). The number of hydrogen-bond acceptors (Lipinski definition) is 2. The molecule has 0 fully saturated rings. The molecule has 0 atom stereocenters. The van der Waals surface area contributed by atoms with Gasteiger partial charge in [0.15, 0.2) is 0 Å². The summed E-state index contributed by atoms with van der Waals surface area (Å²) in [6, 6.07) is 0.377. The van der Waals surface area contributed by atoms with Crippen LogP contribution in [0, 0.1) is 0 Å². The van der Waals surface area contributed by atoms with E-state index in [0.717, 1.165) is 0 Å². The van der Waals surface area contributed by atoms with Gasteiger partial charge >= 0.3 is 0 Å². The highest BCUT2D eigenvalue weighted by Gasteiger charge is 1.96. The lowest BCUT2D eigenvalue weighted by Crippen LogP contribution is -2.34. The maximum Gasteiger partial charge on any atom is 0.233 e. The summed E-state index contributed by atoms with van der Waals surface area (Å²) in [5, 5.41) is 5.50. The molecular formula is C6H18N2O. The fraction of sp³-hybridized carbons (Fsp3) is 0.833. The van der Waals surface area contributed by atoms with Gasteiger partial charge in [0.1, 0.15) is 0 Å². The van der Waals surface area contributed by atoms with Crippen LogP contribution in [0.15, 0.2) is 0 Å². The van der Waals surface area contributed by atoms with E-state index in [9.17, 15) is 4.79 Å². The molecule has 0 aromatic rings. The topological polar surface area (TPSA) is 41.1 Å². The molecule has 3 heteroatoms. The molecule has 0 saturated heterocycles. The third kappa shape index (κ3) is 5.30. The lowest BCUT2D eigenvalue weighted by atomic mass is 10.4. The minimum Gasteiger partial charge on any atom is -0.358 e. The number of rotatable bonds is 3. The Balaban J connectivity index is -0.000000320. The summed E-state index contributed by atoms with van der Waals surface area (Å²) in [7, 11) is 1.63. The largest absolute Gasteiger partial charge is 0.358 e. The van der Waals surface area contributed by atoms with Crippen molar-refractivity contribution in [3.63, 3.8) is 0 Å². The average Bonchev–Trinajstić information content (AvgIpc) is 1.83. The van der Waals surface area contributed by atoms with Crippen LogP contribution in [0.3, 0.4) is 0 Å². The Labute approximate surface area is 58.8 Å². The second-order valence-corrected chi connectivity index (χ2v) is 2.21. The van der Waals surface area contributed by atoms with Crippen LogP contribution in [0.1, 0.15) is 16.7 Å². The Kier molecular flexibility index (Phi) is 4.05. The summed E-state index contributed by atoms with van der Waals surface area (Å²) in [6.07, 6.45) is 0. The molecule has 0 aromatic carbocycles. The Hall–Kier alpha value is -0.570. The Morgan fingerprint density at radius 2 is 2.22 bits per heavy atom. The van der Waals surface area contributed by atoms with Gasteiger partial charge in [-0.05, 0) is 0 Å². The van der Waals surface area contributed by atoms with Crippen LogP contribution in [-0.2, 0) is 4.79 Å². The van der Waals surface area contributed by atoms with Crippen molar-refractivity contribution in [2.45, 2.75) is 19.9 Å². The van der Waals surface area contributed by atoms with Crippen LogP contribution in [-0.4, -0.2) is 25.5 Å². The number of hydrogen-bond donors (Lipinski definition) is 2. The monoisotopic (exact) mass is 134 g/mol. The molecule has 0 bridgehead atoms. The van der Waals surface area contributed by atoms with Gasteiger partial charge in [-0.3, -0.25) is 4.79 Å². The molecule has 0 aromatic heterocycles. The average molecular weight is 134 g/mol. The van der Waals surface area contributed by atoms with Crippen LogP contribution >= 0.6 is 0 Å². The van der Waals surface area contributed by atoms with E-state index in [2.05, 4.69) is 10.6 Å². The smallest absolute Gasteiger partial charge is 0.233 e. The summed E-state index contributed by atoms with van der Waals surface area (Å²) in [5.41, 5.74) is 0. The molecule has 3 nitrogen and oxygen atoms in total. The van der Waals surface area contributed by atoms with Crippen molar-refractivity contribution in [1.82, 2.24) is 10.6 Å². The van der Waals surface area contributed by atoms with Crippen molar-refractivity contribution < 1.29 is 7.65 Å². The van der Waals surface area contributed by atoms with Gasteiger partial charge in [0.25, 0.3) is 0 Å². The molecule has 0 radical (unpaired) electrons. The van der Waals surface area contributed by atoms with E-state index >= 15 is 0 Å². The molecule has 0 heterocycles. The third-order valence-corrected chi connectivity index (χ3v) is 0.950. The quantitative estimate of drug-likeness (QED) is 0.580. The summed E-state index contributed by atoms with van der Waals surface area (Å²) < 4.78 is 0. The SMILES string of the molecule is CNC(=O)CNC(C)C.[HH].[HH]. The molecule has 0 aliphatic rings. The molecule has 2 N–H and O–H groups in total. The van der Waals surface area contributed by atoms with Gasteiger partial charge in [-0.25, -0.2) is 0 Å². The molecule has 9 heavy (non-hydrogen) atoms. The van der Waals surface area contributed by atoms with Gasteiger partial charge in [0, 0.05) is 15.9 Å². The molecule has 0 aliphatic carbocycles. The number of nitrogens with one attached hydrogen (secondary N) is 2. The van der Waals surface area contributed by atoms with Gasteiger partial charge < -0.3 is 10.6 Å². The van der Waals surface area contributed by atoms with Gasteiger partial charge in [-0.1, -0.05) is 13.8 Å². The first-order valence-electron chi connectivity index (χ1n) is 3.10. The first kappa shape index (κ1) is 8.43. The first-order chi connectivity index (χ1) is 4.16. The van der Waals surface area contributed by atoms with E-state index in [1.54, 1.807) is 7.05 Å². The standard InChI is InChI=1S/C6H14N2O.2H2/c1-5(2)8-4-6(9)7-3;;/h5,8H,4H2,1-3H3,(H,7,9);2*1H. The second-order valence-electron chi connectivity index (χ2n) is 2.21. The summed E-state index contributed by atoms with van der Waals surface area (Å²) >= 11 is 0. The zero-order valence-corrected chi connectivity index (χ0v) is 6.19.